The first kappa shape index (κ1) is 15.4. The molecule has 0 bridgehead atoms. The van der Waals surface area contributed by atoms with Gasteiger partial charge < -0.3 is 5.73 Å². The maximum absolute atomic E-state index is 12.4. The molecule has 5 nitrogen and oxygen atoms in total. The molecular formula is C14H12BrN3O2S. The number of nitrogens with zero attached hydrogens (tertiary/aromatic N) is 1. The Balaban J connectivity index is 2.43. The van der Waals surface area contributed by atoms with Crippen LogP contribution in [0.3, 0.4) is 0 Å². The van der Waals surface area contributed by atoms with Crippen LogP contribution >= 0.6 is 15.9 Å². The number of aryl methyl sites for hydroxylation is 1. The molecule has 7 heteroatoms. The summed E-state index contributed by atoms with van der Waals surface area (Å²) in [5.41, 5.74) is 7.24. The SMILES string of the molecule is Cc1cc(NS(=O)(=O)c2ccc(N)cc2C#N)ccc1Br. The van der Waals surface area contributed by atoms with Gasteiger partial charge in [0.05, 0.1) is 5.56 Å². The average Bonchev–Trinajstić information content (AvgIpc) is 2.42. The van der Waals surface area contributed by atoms with E-state index in [1.807, 2.05) is 13.0 Å². The third kappa shape index (κ3) is 3.35. The maximum Gasteiger partial charge on any atom is 0.263 e. The van der Waals surface area contributed by atoms with Gasteiger partial charge in [0.1, 0.15) is 11.0 Å². The zero-order valence-corrected chi connectivity index (χ0v) is 13.5. The molecule has 0 aromatic heterocycles. The van der Waals surface area contributed by atoms with Gasteiger partial charge in [0.2, 0.25) is 0 Å². The van der Waals surface area contributed by atoms with Crippen molar-refractivity contribution in [3.05, 3.63) is 52.0 Å². The predicted molar refractivity (Wildman–Crippen MR) is 85.3 cm³/mol. The Bertz CT molecular complexity index is 842. The Morgan fingerprint density at radius 1 is 1.24 bits per heavy atom. The van der Waals surface area contributed by atoms with E-state index in [4.69, 9.17) is 11.0 Å². The number of anilines is 2. The molecule has 0 spiro atoms. The number of hydrogen-bond donors (Lipinski definition) is 2. The quantitative estimate of drug-likeness (QED) is 0.817. The fraction of sp³-hybridized carbons (Fsp3) is 0.0714. The molecule has 0 amide bonds. The second-order valence-electron chi connectivity index (χ2n) is 4.44. The summed E-state index contributed by atoms with van der Waals surface area (Å²) in [7, 11) is -3.85. The van der Waals surface area contributed by atoms with Gasteiger partial charge in [-0.25, -0.2) is 8.42 Å². The lowest BCUT2D eigenvalue weighted by Gasteiger charge is -2.11. The van der Waals surface area contributed by atoms with Crippen LogP contribution in [-0.4, -0.2) is 8.42 Å². The van der Waals surface area contributed by atoms with Crippen molar-refractivity contribution in [1.29, 1.82) is 5.26 Å². The third-order valence-corrected chi connectivity index (χ3v) is 5.15. The lowest BCUT2D eigenvalue weighted by atomic mass is 10.2. The summed E-state index contributed by atoms with van der Waals surface area (Å²) in [5.74, 6) is 0. The minimum Gasteiger partial charge on any atom is -0.399 e. The second-order valence-corrected chi connectivity index (χ2v) is 6.94. The highest BCUT2D eigenvalue weighted by Crippen LogP contribution is 2.24. The number of nitrogen functional groups attached to an aromatic ring is 1. The van der Waals surface area contributed by atoms with Crippen molar-refractivity contribution in [2.45, 2.75) is 11.8 Å². The number of halogens is 1. The first-order valence-corrected chi connectivity index (χ1v) is 8.20. The molecule has 0 fully saturated rings. The van der Waals surface area contributed by atoms with Crippen LogP contribution < -0.4 is 10.5 Å². The summed E-state index contributed by atoms with van der Waals surface area (Å²) in [6, 6.07) is 11.0. The summed E-state index contributed by atoms with van der Waals surface area (Å²) in [6.45, 7) is 1.85. The van der Waals surface area contributed by atoms with Crippen LogP contribution in [0.2, 0.25) is 0 Å². The van der Waals surface area contributed by atoms with Crippen LogP contribution in [0.1, 0.15) is 11.1 Å². The van der Waals surface area contributed by atoms with Crippen molar-refractivity contribution in [3.8, 4) is 6.07 Å². The normalized spacial score (nSPS) is 10.9. The van der Waals surface area contributed by atoms with Gasteiger partial charge in [0, 0.05) is 15.8 Å². The molecule has 0 atom stereocenters. The molecule has 0 heterocycles. The Morgan fingerprint density at radius 3 is 2.57 bits per heavy atom. The zero-order valence-electron chi connectivity index (χ0n) is 11.1. The molecule has 2 aromatic rings. The number of benzene rings is 2. The van der Waals surface area contributed by atoms with Crippen molar-refractivity contribution in [1.82, 2.24) is 0 Å². The van der Waals surface area contributed by atoms with E-state index in [0.29, 0.717) is 11.4 Å². The average molecular weight is 366 g/mol. The zero-order chi connectivity index (χ0) is 15.6. The van der Waals surface area contributed by atoms with Gasteiger partial charge >= 0.3 is 0 Å². The molecule has 108 valence electrons. The molecule has 21 heavy (non-hydrogen) atoms. The number of nitriles is 1. The first-order chi connectivity index (χ1) is 9.83. The minimum atomic E-state index is -3.85. The maximum atomic E-state index is 12.4. The molecule has 0 aliphatic heterocycles. The Labute approximate surface area is 131 Å². The van der Waals surface area contributed by atoms with Crippen molar-refractivity contribution in [2.75, 3.05) is 10.5 Å². The lowest BCUT2D eigenvalue weighted by Crippen LogP contribution is -2.14. The summed E-state index contributed by atoms with van der Waals surface area (Å²) in [5, 5.41) is 9.05. The van der Waals surface area contributed by atoms with Gasteiger partial charge in [-0.05, 0) is 48.9 Å². The molecule has 0 saturated heterocycles. The van der Waals surface area contributed by atoms with E-state index in [1.54, 1.807) is 18.2 Å². The monoisotopic (exact) mass is 365 g/mol. The van der Waals surface area contributed by atoms with Gasteiger partial charge in [-0.15, -0.1) is 0 Å². The van der Waals surface area contributed by atoms with Gasteiger partial charge in [0.25, 0.3) is 10.0 Å². The fourth-order valence-corrected chi connectivity index (χ4v) is 3.22. The van der Waals surface area contributed by atoms with E-state index in [0.717, 1.165) is 10.0 Å². The molecule has 3 N–H and O–H groups in total. The third-order valence-electron chi connectivity index (χ3n) is 2.82. The van der Waals surface area contributed by atoms with Crippen molar-refractivity contribution in [3.63, 3.8) is 0 Å². The standard InChI is InChI=1S/C14H12BrN3O2S/c1-9-6-12(3-4-13(9)15)18-21(19,20)14-5-2-11(17)7-10(14)8-16/h2-7,18H,17H2,1H3. The molecule has 0 aliphatic carbocycles. The molecule has 0 radical (unpaired) electrons. The summed E-state index contributed by atoms with van der Waals surface area (Å²) < 4.78 is 28.1. The van der Waals surface area contributed by atoms with E-state index < -0.39 is 10.0 Å². The molecule has 0 unspecified atom stereocenters. The van der Waals surface area contributed by atoms with E-state index in [1.165, 1.54) is 18.2 Å². The lowest BCUT2D eigenvalue weighted by molar-refractivity contribution is 0.601. The molecule has 2 rings (SSSR count). The van der Waals surface area contributed by atoms with E-state index in [2.05, 4.69) is 20.7 Å². The highest BCUT2D eigenvalue weighted by molar-refractivity contribution is 9.10. The second kappa shape index (κ2) is 5.76. The summed E-state index contributed by atoms with van der Waals surface area (Å²) in [4.78, 5) is -0.0974. The van der Waals surface area contributed by atoms with Crippen LogP contribution in [0.4, 0.5) is 11.4 Å². The van der Waals surface area contributed by atoms with Crippen LogP contribution in [0.25, 0.3) is 0 Å². The Morgan fingerprint density at radius 2 is 1.95 bits per heavy atom. The van der Waals surface area contributed by atoms with E-state index in [-0.39, 0.29) is 10.5 Å². The van der Waals surface area contributed by atoms with Gasteiger partial charge in [0.15, 0.2) is 0 Å². The number of rotatable bonds is 3. The van der Waals surface area contributed by atoms with Crippen molar-refractivity contribution >= 4 is 37.3 Å². The smallest absolute Gasteiger partial charge is 0.263 e. The molecule has 0 aliphatic rings. The van der Waals surface area contributed by atoms with Crippen LogP contribution in [0.5, 0.6) is 0 Å². The first-order valence-electron chi connectivity index (χ1n) is 5.92. The van der Waals surface area contributed by atoms with E-state index in [9.17, 15) is 8.42 Å². The van der Waals surface area contributed by atoms with Crippen LogP contribution in [0.15, 0.2) is 45.8 Å². The molecular weight excluding hydrogens is 354 g/mol. The number of nitrogens with one attached hydrogen (secondary N) is 1. The molecule has 0 saturated carbocycles. The summed E-state index contributed by atoms with van der Waals surface area (Å²) >= 11 is 3.35. The topological polar surface area (TPSA) is 96.0 Å². The largest absolute Gasteiger partial charge is 0.399 e. The Hall–Kier alpha value is -2.04. The highest BCUT2D eigenvalue weighted by Gasteiger charge is 2.19. The van der Waals surface area contributed by atoms with E-state index >= 15 is 0 Å². The van der Waals surface area contributed by atoms with Crippen molar-refractivity contribution in [2.24, 2.45) is 0 Å². The number of sulfonamides is 1. The van der Waals surface area contributed by atoms with Crippen molar-refractivity contribution < 1.29 is 8.42 Å². The number of hydrogen-bond acceptors (Lipinski definition) is 4. The van der Waals surface area contributed by atoms with Gasteiger partial charge in [-0.3, -0.25) is 4.72 Å². The fourth-order valence-electron chi connectivity index (χ4n) is 1.79. The minimum absolute atomic E-state index is 0.0105. The van der Waals surface area contributed by atoms with Crippen LogP contribution in [-0.2, 0) is 10.0 Å². The summed E-state index contributed by atoms with van der Waals surface area (Å²) in [6.07, 6.45) is 0. The molecule has 2 aromatic carbocycles. The Kier molecular flexibility index (Phi) is 4.21. The predicted octanol–water partition coefficient (Wildman–Crippen LogP) is 3.01. The van der Waals surface area contributed by atoms with Crippen LogP contribution in [0, 0.1) is 18.3 Å². The van der Waals surface area contributed by atoms with Gasteiger partial charge in [-0.2, -0.15) is 5.26 Å². The highest BCUT2D eigenvalue weighted by atomic mass is 79.9. The van der Waals surface area contributed by atoms with Gasteiger partial charge in [-0.1, -0.05) is 15.9 Å². The number of nitrogens with two attached hydrogens (primary N) is 1.